The van der Waals surface area contributed by atoms with Crippen molar-refractivity contribution in [2.24, 2.45) is 0 Å². The van der Waals surface area contributed by atoms with E-state index in [9.17, 15) is 9.90 Å². The zero-order chi connectivity index (χ0) is 11.4. The zero-order valence-electron chi connectivity index (χ0n) is 9.19. The van der Waals surface area contributed by atoms with Gasteiger partial charge >= 0.3 is 0 Å². The number of aromatic hydroxyl groups is 1. The van der Waals surface area contributed by atoms with Gasteiger partial charge in [-0.2, -0.15) is 0 Å². The second-order valence-electron chi connectivity index (χ2n) is 3.63. The molecule has 0 aromatic heterocycles. The Labute approximate surface area is 89.6 Å². The summed E-state index contributed by atoms with van der Waals surface area (Å²) in [6.45, 7) is 1.84. The van der Waals surface area contributed by atoms with Crippen molar-refractivity contribution in [2.75, 3.05) is 14.1 Å². The summed E-state index contributed by atoms with van der Waals surface area (Å²) >= 11 is 0. The summed E-state index contributed by atoms with van der Waals surface area (Å²) in [5.41, 5.74) is 1.97. The SMILES string of the molecule is Cc1ccc(O)c(/C=C\N(C)C)c1C=O. The van der Waals surface area contributed by atoms with Gasteiger partial charge in [-0.3, -0.25) is 4.79 Å². The predicted molar refractivity (Wildman–Crippen MR) is 61.0 cm³/mol. The molecule has 0 heterocycles. The van der Waals surface area contributed by atoms with Crippen molar-refractivity contribution in [1.82, 2.24) is 4.90 Å². The first-order chi connectivity index (χ1) is 7.06. The maximum atomic E-state index is 10.9. The van der Waals surface area contributed by atoms with E-state index >= 15 is 0 Å². The van der Waals surface area contributed by atoms with Crippen molar-refractivity contribution in [3.8, 4) is 5.75 Å². The van der Waals surface area contributed by atoms with Crippen LogP contribution in [0.1, 0.15) is 21.5 Å². The highest BCUT2D eigenvalue weighted by atomic mass is 16.3. The lowest BCUT2D eigenvalue weighted by atomic mass is 10.0. The first-order valence-corrected chi connectivity index (χ1v) is 4.68. The number of carbonyl (C=O) groups excluding carboxylic acids is 1. The third-order valence-electron chi connectivity index (χ3n) is 2.14. The molecule has 80 valence electrons. The highest BCUT2D eigenvalue weighted by Gasteiger charge is 2.07. The van der Waals surface area contributed by atoms with Crippen LogP contribution in [-0.4, -0.2) is 30.4 Å². The molecule has 15 heavy (non-hydrogen) atoms. The van der Waals surface area contributed by atoms with Gasteiger partial charge < -0.3 is 10.0 Å². The van der Waals surface area contributed by atoms with Crippen LogP contribution >= 0.6 is 0 Å². The van der Waals surface area contributed by atoms with Crippen LogP contribution in [0.3, 0.4) is 0 Å². The number of hydrogen-bond donors (Lipinski definition) is 1. The summed E-state index contributed by atoms with van der Waals surface area (Å²) in [5.74, 6) is 0.126. The van der Waals surface area contributed by atoms with E-state index in [2.05, 4.69) is 0 Å². The fraction of sp³-hybridized carbons (Fsp3) is 0.250. The van der Waals surface area contributed by atoms with Crippen molar-refractivity contribution in [3.63, 3.8) is 0 Å². The van der Waals surface area contributed by atoms with Gasteiger partial charge in [0.2, 0.25) is 0 Å². The number of phenolic OH excluding ortho intramolecular Hbond substituents is 1. The monoisotopic (exact) mass is 205 g/mol. The van der Waals surface area contributed by atoms with Gasteiger partial charge in [0.1, 0.15) is 5.75 Å². The van der Waals surface area contributed by atoms with Crippen molar-refractivity contribution in [3.05, 3.63) is 35.0 Å². The molecule has 1 aromatic carbocycles. The van der Waals surface area contributed by atoms with E-state index in [4.69, 9.17) is 0 Å². The van der Waals surface area contributed by atoms with E-state index in [-0.39, 0.29) is 5.75 Å². The maximum Gasteiger partial charge on any atom is 0.151 e. The standard InChI is InChI=1S/C12H15NO2/c1-9-4-5-12(15)10(11(9)8-14)6-7-13(2)3/h4-8,15H,1-3H3/b7-6-. The van der Waals surface area contributed by atoms with Crippen molar-refractivity contribution >= 4 is 12.4 Å². The molecule has 0 fully saturated rings. The molecule has 1 N–H and O–H groups in total. The van der Waals surface area contributed by atoms with E-state index in [1.54, 1.807) is 24.4 Å². The molecule has 3 heteroatoms. The number of aryl methyl sites for hydroxylation is 1. The average molecular weight is 205 g/mol. The minimum absolute atomic E-state index is 0.126. The van der Waals surface area contributed by atoms with Gasteiger partial charge in [-0.05, 0) is 30.8 Å². The van der Waals surface area contributed by atoms with Crippen molar-refractivity contribution < 1.29 is 9.90 Å². The first-order valence-electron chi connectivity index (χ1n) is 4.68. The van der Waals surface area contributed by atoms with Crippen LogP contribution in [0.25, 0.3) is 6.08 Å². The Kier molecular flexibility index (Phi) is 3.50. The highest BCUT2D eigenvalue weighted by Crippen LogP contribution is 2.24. The van der Waals surface area contributed by atoms with Gasteiger partial charge in [-0.15, -0.1) is 0 Å². The molecule has 1 aromatic rings. The molecule has 3 nitrogen and oxygen atoms in total. The fourth-order valence-electron chi connectivity index (χ4n) is 1.29. The second-order valence-corrected chi connectivity index (χ2v) is 3.63. The molecule has 0 aliphatic rings. The average Bonchev–Trinajstić information content (AvgIpc) is 2.19. The van der Waals surface area contributed by atoms with Crippen LogP contribution in [0, 0.1) is 6.92 Å². The topological polar surface area (TPSA) is 40.5 Å². The summed E-state index contributed by atoms with van der Waals surface area (Å²) in [4.78, 5) is 12.7. The van der Waals surface area contributed by atoms with Gasteiger partial charge in [0, 0.05) is 25.2 Å². The minimum atomic E-state index is 0.126. The van der Waals surface area contributed by atoms with E-state index in [0.717, 1.165) is 11.8 Å². The highest BCUT2D eigenvalue weighted by molar-refractivity contribution is 5.85. The van der Waals surface area contributed by atoms with E-state index in [0.29, 0.717) is 11.1 Å². The molecule has 1 rings (SSSR count). The summed E-state index contributed by atoms with van der Waals surface area (Å²) < 4.78 is 0. The summed E-state index contributed by atoms with van der Waals surface area (Å²) in [7, 11) is 3.76. The molecule has 0 atom stereocenters. The third kappa shape index (κ3) is 2.59. The van der Waals surface area contributed by atoms with Gasteiger partial charge in [0.25, 0.3) is 0 Å². The van der Waals surface area contributed by atoms with Gasteiger partial charge in [0.05, 0.1) is 0 Å². The molecule has 0 aliphatic heterocycles. The molecule has 0 radical (unpaired) electrons. The summed E-state index contributed by atoms with van der Waals surface area (Å²) in [5, 5.41) is 9.63. The second kappa shape index (κ2) is 4.64. The smallest absolute Gasteiger partial charge is 0.151 e. The molecule has 0 saturated heterocycles. The summed E-state index contributed by atoms with van der Waals surface area (Å²) in [6.07, 6.45) is 4.29. The lowest BCUT2D eigenvalue weighted by molar-refractivity contribution is 0.112. The Bertz CT molecular complexity index is 395. The van der Waals surface area contributed by atoms with Crippen LogP contribution in [0.5, 0.6) is 5.75 Å². The number of hydrogen-bond acceptors (Lipinski definition) is 3. The quantitative estimate of drug-likeness (QED) is 0.768. The molecular weight excluding hydrogens is 190 g/mol. The van der Waals surface area contributed by atoms with Gasteiger partial charge in [0.15, 0.2) is 6.29 Å². The Balaban J connectivity index is 3.25. The normalized spacial score (nSPS) is 10.6. The number of carbonyl (C=O) groups is 1. The largest absolute Gasteiger partial charge is 0.507 e. The molecule has 0 amide bonds. The molecule has 0 aliphatic carbocycles. The minimum Gasteiger partial charge on any atom is -0.507 e. The molecule has 0 unspecified atom stereocenters. The number of aldehydes is 1. The van der Waals surface area contributed by atoms with Crippen LogP contribution in [0.2, 0.25) is 0 Å². The lowest BCUT2D eigenvalue weighted by Crippen LogP contribution is -2.00. The molecule has 0 saturated carbocycles. The van der Waals surface area contributed by atoms with Crippen molar-refractivity contribution in [2.45, 2.75) is 6.92 Å². The zero-order valence-corrected chi connectivity index (χ0v) is 9.19. The van der Waals surface area contributed by atoms with Crippen LogP contribution < -0.4 is 0 Å². The lowest BCUT2D eigenvalue weighted by Gasteiger charge is -2.08. The van der Waals surface area contributed by atoms with Crippen LogP contribution in [0.4, 0.5) is 0 Å². The van der Waals surface area contributed by atoms with E-state index in [1.807, 2.05) is 25.9 Å². The Morgan fingerprint density at radius 1 is 1.27 bits per heavy atom. The van der Waals surface area contributed by atoms with Gasteiger partial charge in [-0.25, -0.2) is 0 Å². The predicted octanol–water partition coefficient (Wildman–Crippen LogP) is 2.05. The van der Waals surface area contributed by atoms with Gasteiger partial charge in [-0.1, -0.05) is 6.07 Å². The van der Waals surface area contributed by atoms with Crippen LogP contribution in [-0.2, 0) is 0 Å². The Morgan fingerprint density at radius 3 is 2.47 bits per heavy atom. The van der Waals surface area contributed by atoms with E-state index < -0.39 is 0 Å². The molecule has 0 bridgehead atoms. The first kappa shape index (κ1) is 11.3. The number of nitrogens with zero attached hydrogens (tertiary/aromatic N) is 1. The van der Waals surface area contributed by atoms with Crippen LogP contribution in [0.15, 0.2) is 18.3 Å². The third-order valence-corrected chi connectivity index (χ3v) is 2.14. The fourth-order valence-corrected chi connectivity index (χ4v) is 1.29. The molecule has 0 spiro atoms. The molecular formula is C12H15NO2. The summed E-state index contributed by atoms with van der Waals surface area (Å²) in [6, 6.07) is 3.32. The Morgan fingerprint density at radius 2 is 1.93 bits per heavy atom. The number of benzene rings is 1. The van der Waals surface area contributed by atoms with Crippen molar-refractivity contribution in [1.29, 1.82) is 0 Å². The number of phenols is 1. The maximum absolute atomic E-state index is 10.9. The Hall–Kier alpha value is -1.77. The number of rotatable bonds is 3. The van der Waals surface area contributed by atoms with E-state index in [1.165, 1.54) is 0 Å².